The third kappa shape index (κ3) is 3.69. The molecule has 3 N–H and O–H groups in total. The maximum absolute atomic E-state index is 12.3. The van der Waals surface area contributed by atoms with Crippen molar-refractivity contribution in [3.05, 3.63) is 40.3 Å². The van der Waals surface area contributed by atoms with Gasteiger partial charge in [-0.3, -0.25) is 0 Å². The van der Waals surface area contributed by atoms with Crippen LogP contribution in [0.25, 0.3) is 0 Å². The van der Waals surface area contributed by atoms with E-state index in [1.54, 1.807) is 6.07 Å². The lowest BCUT2D eigenvalue weighted by atomic mass is 10.3. The molecule has 0 saturated carbocycles. The van der Waals surface area contributed by atoms with Crippen molar-refractivity contribution in [3.63, 3.8) is 0 Å². The zero-order valence-corrected chi connectivity index (χ0v) is 13.1. The van der Waals surface area contributed by atoms with E-state index < -0.39 is 10.0 Å². The van der Waals surface area contributed by atoms with Crippen molar-refractivity contribution >= 4 is 21.4 Å². The normalized spacial score (nSPS) is 13.5. The van der Waals surface area contributed by atoms with E-state index >= 15 is 0 Å². The summed E-state index contributed by atoms with van der Waals surface area (Å²) in [5.41, 5.74) is 0.857. The lowest BCUT2D eigenvalue weighted by Gasteiger charge is -2.11. The Morgan fingerprint density at radius 1 is 1.45 bits per heavy atom. The molecule has 0 bridgehead atoms. The van der Waals surface area contributed by atoms with Gasteiger partial charge in [-0.2, -0.15) is 0 Å². The minimum Gasteiger partial charge on any atom is -0.363 e. The number of aromatic nitrogens is 1. The average Bonchev–Trinajstić information content (AvgIpc) is 3.07. The molecule has 0 aromatic carbocycles. The van der Waals surface area contributed by atoms with Crippen molar-refractivity contribution in [2.45, 2.75) is 31.3 Å². The third-order valence-corrected chi connectivity index (χ3v) is 5.47. The predicted molar refractivity (Wildman–Crippen MR) is 81.2 cm³/mol. The number of rotatable bonds is 7. The maximum Gasteiger partial charge on any atom is 0.242 e. The molecule has 1 atom stereocenters. The molecule has 0 spiro atoms. The Morgan fingerprint density at radius 2 is 2.25 bits per heavy atom. The van der Waals surface area contributed by atoms with Crippen LogP contribution >= 0.6 is 11.3 Å². The molecule has 0 aliphatic rings. The molecule has 0 radical (unpaired) electrons. The van der Waals surface area contributed by atoms with E-state index in [0.717, 1.165) is 17.1 Å². The fourth-order valence-corrected chi connectivity index (χ4v) is 3.88. The maximum atomic E-state index is 12.3. The molecule has 2 rings (SSSR count). The van der Waals surface area contributed by atoms with E-state index in [0.29, 0.717) is 6.54 Å². The van der Waals surface area contributed by atoms with Gasteiger partial charge in [0.15, 0.2) is 0 Å². The first-order valence-electron chi connectivity index (χ1n) is 6.46. The molecule has 20 heavy (non-hydrogen) atoms. The molecule has 2 aromatic heterocycles. The summed E-state index contributed by atoms with van der Waals surface area (Å²) in [6.45, 7) is 5.32. The number of hydrogen-bond acceptors (Lipinski definition) is 4. The van der Waals surface area contributed by atoms with Crippen LogP contribution in [0.4, 0.5) is 0 Å². The van der Waals surface area contributed by atoms with Crippen molar-refractivity contribution in [2.75, 3.05) is 6.54 Å². The summed E-state index contributed by atoms with van der Waals surface area (Å²) in [7, 11) is -3.49. The Balaban J connectivity index is 2.08. The molecule has 2 aromatic rings. The zero-order valence-electron chi connectivity index (χ0n) is 11.5. The van der Waals surface area contributed by atoms with Crippen molar-refractivity contribution in [1.82, 2.24) is 15.0 Å². The summed E-state index contributed by atoms with van der Waals surface area (Å²) in [6, 6.07) is 5.26. The monoisotopic (exact) mass is 313 g/mol. The van der Waals surface area contributed by atoms with Crippen LogP contribution in [0.1, 0.15) is 30.5 Å². The molecule has 110 valence electrons. The Morgan fingerprint density at radius 3 is 2.90 bits per heavy atom. The van der Waals surface area contributed by atoms with E-state index in [1.807, 2.05) is 31.4 Å². The van der Waals surface area contributed by atoms with Gasteiger partial charge in [0, 0.05) is 23.3 Å². The molecular weight excluding hydrogens is 294 g/mol. The predicted octanol–water partition coefficient (Wildman–Crippen LogP) is 2.23. The molecule has 0 aliphatic carbocycles. The molecule has 7 heteroatoms. The van der Waals surface area contributed by atoms with Crippen molar-refractivity contribution < 1.29 is 8.42 Å². The largest absolute Gasteiger partial charge is 0.363 e. The van der Waals surface area contributed by atoms with Crippen LogP contribution < -0.4 is 10.0 Å². The molecule has 0 saturated heterocycles. The average molecular weight is 313 g/mol. The molecule has 0 aliphatic heterocycles. The van der Waals surface area contributed by atoms with Crippen LogP contribution in [-0.2, 0) is 16.6 Å². The van der Waals surface area contributed by atoms with Crippen LogP contribution in [-0.4, -0.2) is 19.9 Å². The lowest BCUT2D eigenvalue weighted by Crippen LogP contribution is -2.26. The summed E-state index contributed by atoms with van der Waals surface area (Å²) in [5, 5.41) is 5.08. The van der Waals surface area contributed by atoms with Gasteiger partial charge in [0.25, 0.3) is 0 Å². The van der Waals surface area contributed by atoms with E-state index in [9.17, 15) is 8.42 Å². The first-order valence-corrected chi connectivity index (χ1v) is 8.83. The quantitative estimate of drug-likeness (QED) is 0.734. The smallest absolute Gasteiger partial charge is 0.242 e. The molecule has 5 nitrogen and oxygen atoms in total. The second kappa shape index (κ2) is 6.53. The fourth-order valence-electron chi connectivity index (χ4n) is 1.83. The number of sulfonamides is 1. The van der Waals surface area contributed by atoms with E-state index in [2.05, 4.69) is 15.0 Å². The fraction of sp³-hybridized carbons (Fsp3) is 0.385. The summed E-state index contributed by atoms with van der Waals surface area (Å²) < 4.78 is 27.2. The van der Waals surface area contributed by atoms with E-state index in [-0.39, 0.29) is 10.9 Å². The van der Waals surface area contributed by atoms with Crippen LogP contribution in [0.3, 0.4) is 0 Å². The number of hydrogen-bond donors (Lipinski definition) is 3. The van der Waals surface area contributed by atoms with Gasteiger partial charge in [-0.1, -0.05) is 13.0 Å². The van der Waals surface area contributed by atoms with Crippen LogP contribution in [0.5, 0.6) is 0 Å². The molecular formula is C13H19N3O2S2. The highest BCUT2D eigenvalue weighted by atomic mass is 32.2. The van der Waals surface area contributed by atoms with E-state index in [1.165, 1.54) is 17.5 Å². The van der Waals surface area contributed by atoms with Crippen LogP contribution in [0.2, 0.25) is 0 Å². The van der Waals surface area contributed by atoms with Gasteiger partial charge in [0.1, 0.15) is 0 Å². The summed E-state index contributed by atoms with van der Waals surface area (Å²) in [6.07, 6.45) is 1.52. The van der Waals surface area contributed by atoms with Gasteiger partial charge in [0.05, 0.1) is 10.9 Å². The van der Waals surface area contributed by atoms with Gasteiger partial charge >= 0.3 is 0 Å². The highest BCUT2D eigenvalue weighted by Crippen LogP contribution is 2.21. The topological polar surface area (TPSA) is 74.0 Å². The van der Waals surface area contributed by atoms with Crippen molar-refractivity contribution in [1.29, 1.82) is 0 Å². The first-order chi connectivity index (χ1) is 9.53. The Bertz CT molecular complexity index is 632. The Hall–Kier alpha value is -1.15. The second-order valence-corrected chi connectivity index (χ2v) is 7.19. The molecule has 2 heterocycles. The molecule has 0 amide bonds. The number of thiophene rings is 1. The Labute approximate surface area is 123 Å². The minimum absolute atomic E-state index is 0.230. The highest BCUT2D eigenvalue weighted by molar-refractivity contribution is 7.89. The molecule has 1 unspecified atom stereocenters. The minimum atomic E-state index is -3.49. The van der Waals surface area contributed by atoms with Gasteiger partial charge in [-0.25, -0.2) is 13.1 Å². The zero-order chi connectivity index (χ0) is 14.6. The van der Waals surface area contributed by atoms with Gasteiger partial charge in [0.2, 0.25) is 10.0 Å². The summed E-state index contributed by atoms with van der Waals surface area (Å²) in [5.74, 6) is 0. The Kier molecular flexibility index (Phi) is 4.98. The molecule has 0 fully saturated rings. The van der Waals surface area contributed by atoms with Gasteiger partial charge in [-0.05, 0) is 31.0 Å². The van der Waals surface area contributed by atoms with Crippen molar-refractivity contribution in [2.24, 2.45) is 0 Å². The highest BCUT2D eigenvalue weighted by Gasteiger charge is 2.20. The van der Waals surface area contributed by atoms with Gasteiger partial charge < -0.3 is 10.3 Å². The van der Waals surface area contributed by atoms with Gasteiger partial charge in [-0.15, -0.1) is 11.3 Å². The first kappa shape index (κ1) is 15.2. The number of nitrogens with one attached hydrogen (secondary N) is 3. The summed E-state index contributed by atoms with van der Waals surface area (Å²) >= 11 is 1.54. The van der Waals surface area contributed by atoms with Crippen LogP contribution in [0.15, 0.2) is 34.7 Å². The van der Waals surface area contributed by atoms with Crippen LogP contribution in [0, 0.1) is 0 Å². The van der Waals surface area contributed by atoms with E-state index in [4.69, 9.17) is 0 Å². The summed E-state index contributed by atoms with van der Waals surface area (Å²) in [4.78, 5) is 4.24. The van der Waals surface area contributed by atoms with Crippen molar-refractivity contribution in [3.8, 4) is 0 Å². The third-order valence-electron chi connectivity index (χ3n) is 2.89. The SMILES string of the molecule is CCNCc1cc(S(=O)(=O)NC(C)c2cccs2)c[nH]1. The number of aromatic amines is 1. The lowest BCUT2D eigenvalue weighted by molar-refractivity contribution is 0.568. The second-order valence-electron chi connectivity index (χ2n) is 4.50. The standard InChI is InChI=1S/C13H19N3O2S2/c1-3-14-8-11-7-12(9-15-11)20(17,18)16-10(2)13-5-4-6-19-13/h4-7,9-10,14-16H,3,8H2,1-2H3. The number of H-pyrrole nitrogens is 1.